The Labute approximate surface area is 210 Å². The van der Waals surface area contributed by atoms with Crippen LogP contribution in [-0.4, -0.2) is 45.5 Å². The zero-order valence-electron chi connectivity index (χ0n) is 19.4. The molecule has 10 heteroatoms. The highest BCUT2D eigenvalue weighted by molar-refractivity contribution is 8.00. The largest absolute Gasteiger partial charge is 0.497 e. The van der Waals surface area contributed by atoms with Crippen LogP contribution < -0.4 is 15.4 Å². The third kappa shape index (κ3) is 3.97. The number of pyridine rings is 1. The van der Waals surface area contributed by atoms with Gasteiger partial charge in [-0.1, -0.05) is 0 Å². The molecule has 3 heterocycles. The molecule has 0 fully saturated rings. The van der Waals surface area contributed by atoms with Gasteiger partial charge in [-0.15, -0.1) is 11.8 Å². The van der Waals surface area contributed by atoms with Crippen LogP contribution in [0, 0.1) is 5.82 Å². The second kappa shape index (κ2) is 8.94. The number of methoxy groups -OCH3 is 1. The van der Waals surface area contributed by atoms with Gasteiger partial charge in [0.15, 0.2) is 0 Å². The number of nitrogens with one attached hydrogen (secondary N) is 2. The number of hydrogen-bond donors (Lipinski definition) is 2. The number of amides is 2. The van der Waals surface area contributed by atoms with Gasteiger partial charge in [-0.3, -0.25) is 14.6 Å². The highest BCUT2D eigenvalue weighted by Crippen LogP contribution is 2.34. The summed E-state index contributed by atoms with van der Waals surface area (Å²) >= 11 is 1.26. The summed E-state index contributed by atoms with van der Waals surface area (Å²) in [5.74, 6) is -0.276. The SMILES string of the molecule is COc1ccc2nccc(-n3ncc4c3CCC(NC(=O)c3cc5c(cc3F)SCC(=O)N5)C4)c2c1. The number of thioether (sulfide) groups is 1. The van der Waals surface area contributed by atoms with Gasteiger partial charge in [0, 0.05) is 28.2 Å². The molecule has 6 rings (SSSR count). The maximum absolute atomic E-state index is 14.7. The third-order valence-electron chi connectivity index (χ3n) is 6.59. The summed E-state index contributed by atoms with van der Waals surface area (Å²) < 4.78 is 22.0. The standard InChI is InChI=1S/C26H22FN5O3S/c1-35-16-3-4-20-18(9-16)23(6-7-28-20)32-22-5-2-15(8-14(22)12-29-32)30-26(34)17-10-21-24(11-19(17)27)36-13-25(33)31-21/h3-4,6-7,9-12,15H,2,5,8,13H2,1H3,(H,30,34)(H,31,33). The van der Waals surface area contributed by atoms with Crippen molar-refractivity contribution in [2.75, 3.05) is 18.2 Å². The van der Waals surface area contributed by atoms with Gasteiger partial charge in [-0.2, -0.15) is 5.10 Å². The van der Waals surface area contributed by atoms with Crippen LogP contribution in [0.15, 0.2) is 53.7 Å². The van der Waals surface area contributed by atoms with Crippen LogP contribution >= 0.6 is 11.8 Å². The van der Waals surface area contributed by atoms with Gasteiger partial charge >= 0.3 is 0 Å². The Balaban J connectivity index is 1.23. The molecule has 0 bridgehead atoms. The fourth-order valence-electron chi connectivity index (χ4n) is 4.82. The van der Waals surface area contributed by atoms with Crippen molar-refractivity contribution in [3.63, 3.8) is 0 Å². The Hall–Kier alpha value is -3.92. The van der Waals surface area contributed by atoms with E-state index in [1.165, 1.54) is 23.9 Å². The van der Waals surface area contributed by atoms with Gasteiger partial charge in [0.05, 0.1) is 41.5 Å². The fourth-order valence-corrected chi connectivity index (χ4v) is 5.63. The quantitative estimate of drug-likeness (QED) is 0.438. The summed E-state index contributed by atoms with van der Waals surface area (Å²) in [6.07, 6.45) is 5.57. The summed E-state index contributed by atoms with van der Waals surface area (Å²) in [6, 6.07) is 10.2. The lowest BCUT2D eigenvalue weighted by Crippen LogP contribution is -2.39. The predicted molar refractivity (Wildman–Crippen MR) is 134 cm³/mol. The number of anilines is 1. The molecule has 0 saturated carbocycles. The van der Waals surface area contributed by atoms with Gasteiger partial charge in [0.2, 0.25) is 5.91 Å². The van der Waals surface area contributed by atoms with E-state index in [0.717, 1.165) is 33.6 Å². The number of carbonyl (C=O) groups is 2. The van der Waals surface area contributed by atoms with Crippen molar-refractivity contribution in [2.45, 2.75) is 30.2 Å². The number of aromatic nitrogens is 3. The lowest BCUT2D eigenvalue weighted by atomic mass is 9.93. The van der Waals surface area contributed by atoms with E-state index in [-0.39, 0.29) is 23.3 Å². The summed E-state index contributed by atoms with van der Waals surface area (Å²) in [4.78, 5) is 29.7. The first-order chi connectivity index (χ1) is 17.5. The van der Waals surface area contributed by atoms with Crippen molar-refractivity contribution >= 4 is 40.2 Å². The van der Waals surface area contributed by atoms with E-state index >= 15 is 0 Å². The van der Waals surface area contributed by atoms with Crippen LogP contribution in [0.25, 0.3) is 16.6 Å². The zero-order chi connectivity index (χ0) is 24.8. The normalized spacial score (nSPS) is 16.7. The van der Waals surface area contributed by atoms with Crippen LogP contribution in [0.4, 0.5) is 10.1 Å². The topological polar surface area (TPSA) is 98.1 Å². The third-order valence-corrected chi connectivity index (χ3v) is 7.64. The minimum Gasteiger partial charge on any atom is -0.497 e. The van der Waals surface area contributed by atoms with Gasteiger partial charge < -0.3 is 15.4 Å². The van der Waals surface area contributed by atoms with Crippen molar-refractivity contribution in [3.05, 3.63) is 71.4 Å². The van der Waals surface area contributed by atoms with Crippen molar-refractivity contribution in [1.82, 2.24) is 20.1 Å². The molecule has 0 saturated heterocycles. The second-order valence-electron chi connectivity index (χ2n) is 8.82. The smallest absolute Gasteiger partial charge is 0.254 e. The first-order valence-electron chi connectivity index (χ1n) is 11.6. The molecular weight excluding hydrogens is 481 g/mol. The predicted octanol–water partition coefficient (Wildman–Crippen LogP) is 3.90. The van der Waals surface area contributed by atoms with Crippen LogP contribution in [0.2, 0.25) is 0 Å². The summed E-state index contributed by atoms with van der Waals surface area (Å²) in [7, 11) is 1.63. The number of rotatable bonds is 4. The molecule has 2 aromatic heterocycles. The minimum atomic E-state index is -0.598. The average Bonchev–Trinajstić information content (AvgIpc) is 3.30. The Morgan fingerprint density at radius 1 is 1.28 bits per heavy atom. The van der Waals surface area contributed by atoms with Gasteiger partial charge in [0.1, 0.15) is 11.6 Å². The van der Waals surface area contributed by atoms with E-state index in [1.807, 2.05) is 35.1 Å². The lowest BCUT2D eigenvalue weighted by molar-refractivity contribution is -0.113. The first kappa shape index (κ1) is 22.5. The molecule has 0 spiro atoms. The number of nitrogens with zero attached hydrogens (tertiary/aromatic N) is 3. The van der Waals surface area contributed by atoms with E-state index in [2.05, 4.69) is 20.7 Å². The number of fused-ring (bicyclic) bond motifs is 3. The van der Waals surface area contributed by atoms with Crippen molar-refractivity contribution < 1.29 is 18.7 Å². The number of carbonyl (C=O) groups excluding carboxylic acids is 2. The maximum atomic E-state index is 14.7. The molecule has 182 valence electrons. The Morgan fingerprint density at radius 2 is 2.17 bits per heavy atom. The minimum absolute atomic E-state index is 0.0738. The summed E-state index contributed by atoms with van der Waals surface area (Å²) in [5.41, 5.74) is 4.27. The van der Waals surface area contributed by atoms with Crippen molar-refractivity contribution in [1.29, 1.82) is 0 Å². The van der Waals surface area contributed by atoms with E-state index < -0.39 is 11.7 Å². The number of halogens is 1. The zero-order valence-corrected chi connectivity index (χ0v) is 20.2. The van der Waals surface area contributed by atoms with Crippen molar-refractivity contribution in [2.24, 2.45) is 0 Å². The number of benzene rings is 2. The van der Waals surface area contributed by atoms with Gasteiger partial charge in [0.25, 0.3) is 5.91 Å². The van der Waals surface area contributed by atoms with Crippen LogP contribution in [0.5, 0.6) is 5.75 Å². The molecule has 36 heavy (non-hydrogen) atoms. The fraction of sp³-hybridized carbons (Fsp3) is 0.231. The second-order valence-corrected chi connectivity index (χ2v) is 9.84. The average molecular weight is 504 g/mol. The Morgan fingerprint density at radius 3 is 3.03 bits per heavy atom. The van der Waals surface area contributed by atoms with Gasteiger partial charge in [-0.25, -0.2) is 9.07 Å². The molecular formula is C26H22FN5O3S. The molecule has 2 aromatic carbocycles. The van der Waals surface area contributed by atoms with Crippen LogP contribution in [0.3, 0.4) is 0 Å². The summed E-state index contributed by atoms with van der Waals surface area (Å²) in [6.45, 7) is 0. The van der Waals surface area contributed by atoms with E-state index in [1.54, 1.807) is 13.3 Å². The molecule has 1 unspecified atom stereocenters. The highest BCUT2D eigenvalue weighted by Gasteiger charge is 2.27. The molecule has 2 N–H and O–H groups in total. The number of ether oxygens (including phenoxy) is 1. The van der Waals surface area contributed by atoms with E-state index in [0.29, 0.717) is 29.8 Å². The van der Waals surface area contributed by atoms with Crippen molar-refractivity contribution in [3.8, 4) is 11.4 Å². The molecule has 4 aromatic rings. The maximum Gasteiger partial charge on any atom is 0.254 e. The Bertz CT molecular complexity index is 1540. The van der Waals surface area contributed by atoms with Crippen LogP contribution in [-0.2, 0) is 17.6 Å². The molecule has 2 aliphatic rings. The van der Waals surface area contributed by atoms with Gasteiger partial charge in [-0.05, 0) is 61.2 Å². The lowest BCUT2D eigenvalue weighted by Gasteiger charge is -2.25. The molecule has 2 amide bonds. The first-order valence-corrected chi connectivity index (χ1v) is 12.5. The summed E-state index contributed by atoms with van der Waals surface area (Å²) in [5, 5.41) is 11.3. The number of hydrogen-bond acceptors (Lipinski definition) is 6. The van der Waals surface area contributed by atoms with Crippen LogP contribution in [0.1, 0.15) is 28.0 Å². The Kier molecular flexibility index (Phi) is 5.60. The van der Waals surface area contributed by atoms with E-state index in [9.17, 15) is 14.0 Å². The van der Waals surface area contributed by atoms with E-state index in [4.69, 9.17) is 4.74 Å². The molecule has 8 nitrogen and oxygen atoms in total. The monoisotopic (exact) mass is 503 g/mol. The molecule has 1 aliphatic carbocycles. The molecule has 0 radical (unpaired) electrons. The molecule has 1 aliphatic heterocycles. The highest BCUT2D eigenvalue weighted by atomic mass is 32.2. The molecule has 1 atom stereocenters.